The van der Waals surface area contributed by atoms with Crippen molar-refractivity contribution in [3.05, 3.63) is 46.2 Å². The molecule has 0 aliphatic rings. The van der Waals surface area contributed by atoms with E-state index in [9.17, 15) is 0 Å². The zero-order chi connectivity index (χ0) is 17.7. The Bertz CT molecular complexity index is 692. The third kappa shape index (κ3) is 4.95. The summed E-state index contributed by atoms with van der Waals surface area (Å²) in [4.78, 5) is 0. The molecule has 2 rings (SSSR count). The van der Waals surface area contributed by atoms with Gasteiger partial charge in [-0.25, -0.2) is 0 Å². The molecule has 0 unspecified atom stereocenters. The first kappa shape index (κ1) is 18.7. The predicted molar refractivity (Wildman–Crippen MR) is 106 cm³/mol. The van der Waals surface area contributed by atoms with Crippen molar-refractivity contribution in [2.24, 2.45) is 0 Å². The van der Waals surface area contributed by atoms with Crippen LogP contribution in [-0.2, 0) is 6.54 Å². The molecule has 1 heterocycles. The number of aryl methyl sites for hydroxylation is 2. The molecule has 1 aromatic heterocycles. The molecule has 0 spiro atoms. The largest absolute Gasteiger partial charge is 0.362 e. The SMILES string of the molecule is Cc1nn(CCCNC(=S)Nc2ccc(C(C)C)cc2)c(C)c1Cl. The van der Waals surface area contributed by atoms with Gasteiger partial charge in [0.25, 0.3) is 0 Å². The number of nitrogens with one attached hydrogen (secondary N) is 2. The number of hydrogen-bond donors (Lipinski definition) is 2. The van der Waals surface area contributed by atoms with E-state index < -0.39 is 0 Å². The second-order valence-electron chi connectivity index (χ2n) is 6.22. The fourth-order valence-corrected chi connectivity index (χ4v) is 2.81. The number of anilines is 1. The first-order valence-electron chi connectivity index (χ1n) is 8.22. The van der Waals surface area contributed by atoms with Crippen molar-refractivity contribution in [1.29, 1.82) is 0 Å². The predicted octanol–water partition coefficient (Wildman–Crippen LogP) is 4.65. The summed E-state index contributed by atoms with van der Waals surface area (Å²) in [5.74, 6) is 0.534. The topological polar surface area (TPSA) is 41.9 Å². The minimum atomic E-state index is 0.534. The highest BCUT2D eigenvalue weighted by Gasteiger charge is 2.08. The van der Waals surface area contributed by atoms with Crippen molar-refractivity contribution in [2.45, 2.75) is 46.6 Å². The summed E-state index contributed by atoms with van der Waals surface area (Å²) in [6, 6.07) is 8.37. The third-order valence-electron chi connectivity index (χ3n) is 3.96. The fraction of sp³-hybridized carbons (Fsp3) is 0.444. The molecule has 0 saturated heterocycles. The maximum absolute atomic E-state index is 6.15. The van der Waals surface area contributed by atoms with E-state index in [0.717, 1.165) is 41.6 Å². The minimum absolute atomic E-state index is 0.534. The first-order valence-corrected chi connectivity index (χ1v) is 9.01. The second-order valence-corrected chi connectivity index (χ2v) is 7.01. The summed E-state index contributed by atoms with van der Waals surface area (Å²) in [5, 5.41) is 12.3. The molecule has 4 nitrogen and oxygen atoms in total. The Morgan fingerprint density at radius 2 is 1.92 bits per heavy atom. The van der Waals surface area contributed by atoms with Gasteiger partial charge in [0.15, 0.2) is 5.11 Å². The van der Waals surface area contributed by atoms with Gasteiger partial charge < -0.3 is 10.6 Å². The van der Waals surface area contributed by atoms with Gasteiger partial charge in [0, 0.05) is 18.8 Å². The van der Waals surface area contributed by atoms with Gasteiger partial charge in [0.2, 0.25) is 0 Å². The number of nitrogens with zero attached hydrogens (tertiary/aromatic N) is 2. The lowest BCUT2D eigenvalue weighted by atomic mass is 10.0. The maximum atomic E-state index is 6.15. The molecular weight excluding hydrogens is 340 g/mol. The second kappa shape index (κ2) is 8.49. The average molecular weight is 365 g/mol. The summed E-state index contributed by atoms with van der Waals surface area (Å²) in [7, 11) is 0. The Balaban J connectivity index is 1.74. The van der Waals surface area contributed by atoms with Gasteiger partial charge in [-0.05, 0) is 56.1 Å². The highest BCUT2D eigenvalue weighted by molar-refractivity contribution is 7.80. The van der Waals surface area contributed by atoms with E-state index in [1.807, 2.05) is 18.5 Å². The summed E-state index contributed by atoms with van der Waals surface area (Å²) >= 11 is 11.5. The zero-order valence-corrected chi connectivity index (χ0v) is 16.3. The highest BCUT2D eigenvalue weighted by Crippen LogP contribution is 2.19. The minimum Gasteiger partial charge on any atom is -0.362 e. The van der Waals surface area contributed by atoms with E-state index in [1.54, 1.807) is 0 Å². The van der Waals surface area contributed by atoms with Crippen LogP contribution in [0.4, 0.5) is 5.69 Å². The molecule has 2 aromatic rings. The highest BCUT2D eigenvalue weighted by atomic mass is 35.5. The summed E-state index contributed by atoms with van der Waals surface area (Å²) in [6.07, 6.45) is 0.923. The van der Waals surface area contributed by atoms with E-state index in [0.29, 0.717) is 11.0 Å². The average Bonchev–Trinajstić information content (AvgIpc) is 2.79. The summed E-state index contributed by atoms with van der Waals surface area (Å²) in [5.41, 5.74) is 4.22. The van der Waals surface area contributed by atoms with Gasteiger partial charge in [-0.15, -0.1) is 0 Å². The van der Waals surface area contributed by atoms with Crippen LogP contribution >= 0.6 is 23.8 Å². The van der Waals surface area contributed by atoms with Crippen LogP contribution in [0.15, 0.2) is 24.3 Å². The molecule has 0 radical (unpaired) electrons. The van der Waals surface area contributed by atoms with Crippen LogP contribution in [0.5, 0.6) is 0 Å². The van der Waals surface area contributed by atoms with Crippen LogP contribution in [0, 0.1) is 13.8 Å². The monoisotopic (exact) mass is 364 g/mol. The van der Waals surface area contributed by atoms with Crippen molar-refractivity contribution < 1.29 is 0 Å². The van der Waals surface area contributed by atoms with Crippen molar-refractivity contribution in [3.8, 4) is 0 Å². The van der Waals surface area contributed by atoms with Gasteiger partial charge >= 0.3 is 0 Å². The van der Waals surface area contributed by atoms with Crippen LogP contribution in [0.2, 0.25) is 5.02 Å². The summed E-state index contributed by atoms with van der Waals surface area (Å²) in [6.45, 7) is 9.88. The van der Waals surface area contributed by atoms with E-state index in [2.05, 4.69) is 53.8 Å². The molecule has 0 atom stereocenters. The van der Waals surface area contributed by atoms with Crippen LogP contribution < -0.4 is 10.6 Å². The Hall–Kier alpha value is -1.59. The number of halogens is 1. The van der Waals surface area contributed by atoms with Gasteiger partial charge in [-0.2, -0.15) is 5.10 Å². The molecule has 0 aliphatic carbocycles. The molecular formula is C18H25ClN4S. The van der Waals surface area contributed by atoms with Crippen molar-refractivity contribution in [2.75, 3.05) is 11.9 Å². The normalized spacial score (nSPS) is 10.9. The van der Waals surface area contributed by atoms with E-state index in [1.165, 1.54) is 5.56 Å². The van der Waals surface area contributed by atoms with Crippen LogP contribution in [0.1, 0.15) is 43.1 Å². The standard InChI is InChI=1S/C18H25ClN4S/c1-12(2)15-6-8-16(9-7-15)21-18(24)20-10-5-11-23-14(4)17(19)13(3)22-23/h6-9,12H,5,10-11H2,1-4H3,(H2,20,21,24). The molecule has 0 fully saturated rings. The van der Waals surface area contributed by atoms with Gasteiger partial charge in [0.1, 0.15) is 0 Å². The molecule has 6 heteroatoms. The number of hydrogen-bond acceptors (Lipinski definition) is 2. The quantitative estimate of drug-likeness (QED) is 0.578. The molecule has 130 valence electrons. The number of thiocarbonyl (C=S) groups is 1. The number of aromatic nitrogens is 2. The van der Waals surface area contributed by atoms with Crippen LogP contribution in [-0.4, -0.2) is 21.4 Å². The Kier molecular flexibility index (Phi) is 6.63. The molecule has 0 bridgehead atoms. The Morgan fingerprint density at radius 1 is 1.25 bits per heavy atom. The first-order chi connectivity index (χ1) is 11.4. The molecule has 0 aliphatic heterocycles. The van der Waals surface area contributed by atoms with Gasteiger partial charge in [0.05, 0.1) is 16.4 Å². The number of rotatable bonds is 6. The van der Waals surface area contributed by atoms with E-state index in [-0.39, 0.29) is 0 Å². The Labute approximate surface area is 154 Å². The molecule has 0 amide bonds. The lowest BCUT2D eigenvalue weighted by Crippen LogP contribution is -2.29. The van der Waals surface area contributed by atoms with Crippen LogP contribution in [0.25, 0.3) is 0 Å². The molecule has 0 saturated carbocycles. The van der Waals surface area contributed by atoms with Gasteiger partial charge in [-0.1, -0.05) is 37.6 Å². The fourth-order valence-electron chi connectivity index (χ4n) is 2.45. The van der Waals surface area contributed by atoms with Crippen molar-refractivity contribution in [3.63, 3.8) is 0 Å². The van der Waals surface area contributed by atoms with Crippen molar-refractivity contribution in [1.82, 2.24) is 15.1 Å². The van der Waals surface area contributed by atoms with Crippen LogP contribution in [0.3, 0.4) is 0 Å². The maximum Gasteiger partial charge on any atom is 0.170 e. The molecule has 1 aromatic carbocycles. The summed E-state index contributed by atoms with van der Waals surface area (Å²) < 4.78 is 1.94. The third-order valence-corrected chi connectivity index (χ3v) is 4.75. The zero-order valence-electron chi connectivity index (χ0n) is 14.7. The van der Waals surface area contributed by atoms with Crippen molar-refractivity contribution >= 4 is 34.6 Å². The van der Waals surface area contributed by atoms with E-state index >= 15 is 0 Å². The lowest BCUT2D eigenvalue weighted by Gasteiger charge is -2.12. The Morgan fingerprint density at radius 3 is 2.46 bits per heavy atom. The van der Waals surface area contributed by atoms with Gasteiger partial charge in [-0.3, -0.25) is 4.68 Å². The van der Waals surface area contributed by atoms with E-state index in [4.69, 9.17) is 23.8 Å². The molecule has 24 heavy (non-hydrogen) atoms. The molecule has 2 N–H and O–H groups in total. The number of benzene rings is 1. The lowest BCUT2D eigenvalue weighted by molar-refractivity contribution is 0.558. The smallest absolute Gasteiger partial charge is 0.170 e.